The third-order valence-corrected chi connectivity index (χ3v) is 5.42. The zero-order chi connectivity index (χ0) is 21.1. The number of hydrogen-bond donors (Lipinski definition) is 1. The summed E-state index contributed by atoms with van der Waals surface area (Å²) in [5.74, 6) is -1.53. The average Bonchev–Trinajstić information content (AvgIpc) is 2.96. The predicted octanol–water partition coefficient (Wildman–Crippen LogP) is 4.57. The van der Waals surface area contributed by atoms with E-state index in [2.05, 4.69) is 26.1 Å². The van der Waals surface area contributed by atoms with Gasteiger partial charge in [0, 0.05) is 5.56 Å². The third-order valence-electron chi connectivity index (χ3n) is 4.24. The normalized spacial score (nSPS) is 11.1. The van der Waals surface area contributed by atoms with Gasteiger partial charge in [0.2, 0.25) is 0 Å². The summed E-state index contributed by atoms with van der Waals surface area (Å²) in [7, 11) is 1.26. The Labute approximate surface area is 168 Å². The maximum atomic E-state index is 12.7. The molecule has 1 heterocycles. The molecule has 0 fully saturated rings. The number of benzene rings is 1. The number of hydrogen-bond acceptors (Lipinski definition) is 6. The number of esters is 2. The third kappa shape index (κ3) is 4.59. The van der Waals surface area contributed by atoms with Crippen LogP contribution in [0.1, 0.15) is 69.2 Å². The highest BCUT2D eigenvalue weighted by Gasteiger charge is 2.27. The van der Waals surface area contributed by atoms with Crippen LogP contribution in [0.25, 0.3) is 0 Å². The van der Waals surface area contributed by atoms with Crippen LogP contribution in [0.3, 0.4) is 0 Å². The number of carbonyl (C=O) groups excluding carboxylic acids is 3. The van der Waals surface area contributed by atoms with E-state index in [1.165, 1.54) is 7.11 Å². The Balaban J connectivity index is 2.37. The molecular formula is C21H25NO5S. The molecule has 2 aromatic rings. The number of rotatable bonds is 5. The molecule has 1 aromatic carbocycles. The molecule has 0 unspecified atom stereocenters. The number of carbonyl (C=O) groups is 3. The minimum atomic E-state index is -0.593. The van der Waals surface area contributed by atoms with Gasteiger partial charge in [-0.25, -0.2) is 9.59 Å². The van der Waals surface area contributed by atoms with Gasteiger partial charge in [-0.3, -0.25) is 4.79 Å². The minimum Gasteiger partial charge on any atom is -0.465 e. The van der Waals surface area contributed by atoms with Crippen molar-refractivity contribution in [1.82, 2.24) is 0 Å². The molecule has 1 N–H and O–H groups in total. The van der Waals surface area contributed by atoms with Crippen molar-refractivity contribution in [1.29, 1.82) is 0 Å². The zero-order valence-corrected chi connectivity index (χ0v) is 17.8. The first-order chi connectivity index (χ1) is 13.1. The second kappa shape index (κ2) is 8.56. The van der Waals surface area contributed by atoms with E-state index in [1.807, 2.05) is 12.1 Å². The van der Waals surface area contributed by atoms with Gasteiger partial charge in [0.15, 0.2) is 0 Å². The molecule has 150 valence electrons. The summed E-state index contributed by atoms with van der Waals surface area (Å²) in [6, 6.07) is 7.28. The SMILES string of the molecule is CCOC(=O)c1c(NC(=O)c2ccc(C(C)(C)C)cc2)sc(C(=O)OC)c1C. The molecule has 0 aliphatic carbocycles. The van der Waals surface area contributed by atoms with Crippen molar-refractivity contribution in [2.45, 2.75) is 40.0 Å². The molecule has 0 saturated heterocycles. The lowest BCUT2D eigenvalue weighted by Crippen LogP contribution is -2.16. The van der Waals surface area contributed by atoms with Gasteiger partial charge in [-0.05, 0) is 42.5 Å². The van der Waals surface area contributed by atoms with Crippen LogP contribution in [-0.2, 0) is 14.9 Å². The molecule has 0 atom stereocenters. The van der Waals surface area contributed by atoms with E-state index in [9.17, 15) is 14.4 Å². The van der Waals surface area contributed by atoms with Crippen LogP contribution >= 0.6 is 11.3 Å². The Morgan fingerprint density at radius 1 is 1.07 bits per heavy atom. The van der Waals surface area contributed by atoms with E-state index in [4.69, 9.17) is 9.47 Å². The van der Waals surface area contributed by atoms with Gasteiger partial charge in [0.05, 0.1) is 19.3 Å². The Kier molecular flexibility index (Phi) is 6.61. The largest absolute Gasteiger partial charge is 0.465 e. The fourth-order valence-corrected chi connectivity index (χ4v) is 3.74. The van der Waals surface area contributed by atoms with Gasteiger partial charge in [-0.15, -0.1) is 11.3 Å². The summed E-state index contributed by atoms with van der Waals surface area (Å²) in [6.45, 7) is 9.78. The molecule has 0 radical (unpaired) electrons. The topological polar surface area (TPSA) is 81.7 Å². The second-order valence-corrected chi connectivity index (χ2v) is 8.27. The maximum Gasteiger partial charge on any atom is 0.348 e. The van der Waals surface area contributed by atoms with Gasteiger partial charge in [-0.2, -0.15) is 0 Å². The van der Waals surface area contributed by atoms with E-state index in [0.717, 1.165) is 16.9 Å². The lowest BCUT2D eigenvalue weighted by atomic mass is 9.87. The number of nitrogens with one attached hydrogen (secondary N) is 1. The minimum absolute atomic E-state index is 0.0215. The number of ether oxygens (including phenoxy) is 2. The summed E-state index contributed by atoms with van der Waals surface area (Å²) in [5.41, 5.74) is 2.14. The maximum absolute atomic E-state index is 12.7. The summed E-state index contributed by atoms with van der Waals surface area (Å²) < 4.78 is 9.85. The Hall–Kier alpha value is -2.67. The van der Waals surface area contributed by atoms with Crippen LogP contribution in [0.5, 0.6) is 0 Å². The van der Waals surface area contributed by atoms with Crippen molar-refractivity contribution in [2.24, 2.45) is 0 Å². The standard InChI is InChI=1S/C21H25NO5S/c1-7-27-19(24)15-12(2)16(20(25)26-6)28-18(15)22-17(23)13-8-10-14(11-9-13)21(3,4)5/h8-11H,7H2,1-6H3,(H,22,23). The lowest BCUT2D eigenvalue weighted by molar-refractivity contribution is 0.0527. The van der Waals surface area contributed by atoms with Crippen LogP contribution in [-0.4, -0.2) is 31.6 Å². The highest BCUT2D eigenvalue weighted by molar-refractivity contribution is 7.18. The fourth-order valence-electron chi connectivity index (χ4n) is 2.63. The number of anilines is 1. The molecule has 6 nitrogen and oxygen atoms in total. The molecule has 0 bridgehead atoms. The van der Waals surface area contributed by atoms with Crippen LogP contribution in [0.2, 0.25) is 0 Å². The Morgan fingerprint density at radius 3 is 2.18 bits per heavy atom. The van der Waals surface area contributed by atoms with Crippen molar-refractivity contribution in [3.63, 3.8) is 0 Å². The van der Waals surface area contributed by atoms with Crippen molar-refractivity contribution < 1.29 is 23.9 Å². The molecular weight excluding hydrogens is 378 g/mol. The first-order valence-electron chi connectivity index (χ1n) is 8.90. The van der Waals surface area contributed by atoms with Gasteiger partial charge >= 0.3 is 11.9 Å². The van der Waals surface area contributed by atoms with Gasteiger partial charge in [-0.1, -0.05) is 32.9 Å². The molecule has 0 saturated carbocycles. The van der Waals surface area contributed by atoms with Crippen molar-refractivity contribution >= 4 is 34.2 Å². The van der Waals surface area contributed by atoms with E-state index in [1.54, 1.807) is 26.0 Å². The van der Waals surface area contributed by atoms with Crippen LogP contribution in [0.15, 0.2) is 24.3 Å². The number of methoxy groups -OCH3 is 1. The first kappa shape index (κ1) is 21.6. The Morgan fingerprint density at radius 2 is 1.68 bits per heavy atom. The second-order valence-electron chi connectivity index (χ2n) is 7.25. The van der Waals surface area contributed by atoms with Crippen LogP contribution < -0.4 is 5.32 Å². The van der Waals surface area contributed by atoms with E-state index in [0.29, 0.717) is 11.1 Å². The zero-order valence-electron chi connectivity index (χ0n) is 17.0. The summed E-state index contributed by atoms with van der Waals surface area (Å²) in [5, 5.41) is 3.00. The smallest absolute Gasteiger partial charge is 0.348 e. The molecule has 2 rings (SSSR count). The highest BCUT2D eigenvalue weighted by Crippen LogP contribution is 2.34. The monoisotopic (exact) mass is 403 g/mol. The molecule has 7 heteroatoms. The van der Waals surface area contributed by atoms with E-state index >= 15 is 0 Å². The van der Waals surface area contributed by atoms with Crippen LogP contribution in [0, 0.1) is 6.92 Å². The molecule has 1 amide bonds. The molecule has 0 spiro atoms. The summed E-state index contributed by atoms with van der Waals surface area (Å²) >= 11 is 0.996. The van der Waals surface area contributed by atoms with Crippen LogP contribution in [0.4, 0.5) is 5.00 Å². The van der Waals surface area contributed by atoms with E-state index in [-0.39, 0.29) is 33.4 Å². The highest BCUT2D eigenvalue weighted by atomic mass is 32.1. The molecule has 0 aliphatic rings. The van der Waals surface area contributed by atoms with Gasteiger partial charge < -0.3 is 14.8 Å². The summed E-state index contributed by atoms with van der Waals surface area (Å²) in [4.78, 5) is 37.3. The lowest BCUT2D eigenvalue weighted by Gasteiger charge is -2.19. The average molecular weight is 404 g/mol. The predicted molar refractivity (Wildman–Crippen MR) is 109 cm³/mol. The fraction of sp³-hybridized carbons (Fsp3) is 0.381. The van der Waals surface area contributed by atoms with Crippen molar-refractivity contribution in [3.05, 3.63) is 51.4 Å². The number of thiophene rings is 1. The summed E-state index contributed by atoms with van der Waals surface area (Å²) in [6.07, 6.45) is 0. The van der Waals surface area contributed by atoms with Crippen molar-refractivity contribution in [3.8, 4) is 0 Å². The molecule has 1 aromatic heterocycles. The van der Waals surface area contributed by atoms with Gasteiger partial charge in [0.25, 0.3) is 5.91 Å². The van der Waals surface area contributed by atoms with Gasteiger partial charge in [0.1, 0.15) is 9.88 Å². The van der Waals surface area contributed by atoms with E-state index < -0.39 is 11.9 Å². The molecule has 28 heavy (non-hydrogen) atoms. The van der Waals surface area contributed by atoms with Crippen molar-refractivity contribution in [2.75, 3.05) is 19.0 Å². The first-order valence-corrected chi connectivity index (χ1v) is 9.72. The Bertz CT molecular complexity index is 891. The number of amides is 1. The molecule has 0 aliphatic heterocycles. The quantitative estimate of drug-likeness (QED) is 0.740.